The Morgan fingerprint density at radius 1 is 1.12 bits per heavy atom. The van der Waals surface area contributed by atoms with Crippen LogP contribution in [0.25, 0.3) is 0 Å². The zero-order chi connectivity index (χ0) is 17.9. The lowest BCUT2D eigenvalue weighted by atomic mass is 10.0. The molecule has 2 fully saturated rings. The van der Waals surface area contributed by atoms with Crippen molar-refractivity contribution in [2.45, 2.75) is 44.2 Å². The van der Waals surface area contributed by atoms with Gasteiger partial charge in [0.2, 0.25) is 17.7 Å². The van der Waals surface area contributed by atoms with Crippen LogP contribution in [-0.4, -0.2) is 51.5 Å². The zero-order valence-electron chi connectivity index (χ0n) is 14.6. The number of aromatic nitrogens is 4. The van der Waals surface area contributed by atoms with Crippen molar-refractivity contribution in [2.24, 2.45) is 0 Å². The lowest BCUT2D eigenvalue weighted by molar-refractivity contribution is 0.0542. The fourth-order valence-electron chi connectivity index (χ4n) is 3.41. The Bertz CT molecular complexity index is 757. The Labute approximate surface area is 150 Å². The van der Waals surface area contributed by atoms with E-state index in [0.29, 0.717) is 30.8 Å². The first kappa shape index (κ1) is 16.9. The van der Waals surface area contributed by atoms with Crippen molar-refractivity contribution in [1.82, 2.24) is 25.3 Å². The van der Waals surface area contributed by atoms with Gasteiger partial charge in [0, 0.05) is 19.2 Å². The van der Waals surface area contributed by atoms with Crippen molar-refractivity contribution in [3.8, 4) is 5.88 Å². The van der Waals surface area contributed by atoms with Crippen molar-refractivity contribution < 1.29 is 18.7 Å². The minimum Gasteiger partial charge on any atom is -0.480 e. The van der Waals surface area contributed by atoms with Gasteiger partial charge in [0.1, 0.15) is 12.1 Å². The van der Waals surface area contributed by atoms with E-state index in [9.17, 15) is 4.79 Å². The molecule has 0 saturated carbocycles. The first-order valence-corrected chi connectivity index (χ1v) is 8.90. The molecule has 2 aliphatic heterocycles. The van der Waals surface area contributed by atoms with Gasteiger partial charge in [-0.1, -0.05) is 0 Å². The van der Waals surface area contributed by atoms with E-state index in [0.717, 1.165) is 32.1 Å². The van der Waals surface area contributed by atoms with Crippen LogP contribution in [0.1, 0.15) is 66.5 Å². The van der Waals surface area contributed by atoms with Crippen LogP contribution in [0.4, 0.5) is 0 Å². The maximum Gasteiger partial charge on any atom is 0.275 e. The fourth-order valence-corrected chi connectivity index (χ4v) is 3.41. The third-order valence-corrected chi connectivity index (χ3v) is 4.78. The Hall–Kier alpha value is -2.55. The predicted molar refractivity (Wildman–Crippen MR) is 88.4 cm³/mol. The second-order valence-electron chi connectivity index (χ2n) is 6.45. The van der Waals surface area contributed by atoms with E-state index in [2.05, 4.69) is 20.4 Å². The molecule has 2 aromatic rings. The second kappa shape index (κ2) is 7.36. The van der Waals surface area contributed by atoms with Crippen molar-refractivity contribution in [3.05, 3.63) is 29.6 Å². The highest BCUT2D eigenvalue weighted by atomic mass is 16.5. The van der Waals surface area contributed by atoms with Gasteiger partial charge in [-0.3, -0.25) is 4.79 Å². The number of carbonyl (C=O) groups excluding carboxylic acids is 1. The molecule has 138 valence electrons. The van der Waals surface area contributed by atoms with Gasteiger partial charge in [-0.2, -0.15) is 0 Å². The van der Waals surface area contributed by atoms with Crippen LogP contribution in [-0.2, 0) is 4.74 Å². The van der Waals surface area contributed by atoms with Crippen LogP contribution in [0.5, 0.6) is 5.88 Å². The smallest absolute Gasteiger partial charge is 0.275 e. The summed E-state index contributed by atoms with van der Waals surface area (Å²) in [5.41, 5.74) is 0.275. The van der Waals surface area contributed by atoms with E-state index in [-0.39, 0.29) is 23.7 Å². The van der Waals surface area contributed by atoms with Gasteiger partial charge in [0.15, 0.2) is 5.69 Å². The van der Waals surface area contributed by atoms with Crippen LogP contribution in [0.2, 0.25) is 0 Å². The molecule has 4 heterocycles. The van der Waals surface area contributed by atoms with Gasteiger partial charge in [-0.25, -0.2) is 0 Å². The lowest BCUT2D eigenvalue weighted by Gasteiger charge is -2.33. The number of methoxy groups -OCH3 is 1. The largest absolute Gasteiger partial charge is 0.480 e. The molecule has 0 aromatic carbocycles. The van der Waals surface area contributed by atoms with Crippen molar-refractivity contribution in [2.75, 3.05) is 20.3 Å². The molecule has 26 heavy (non-hydrogen) atoms. The zero-order valence-corrected chi connectivity index (χ0v) is 14.6. The summed E-state index contributed by atoms with van der Waals surface area (Å²) in [5.74, 6) is 1.14. The Morgan fingerprint density at radius 3 is 2.73 bits per heavy atom. The lowest BCUT2D eigenvalue weighted by Crippen LogP contribution is -2.39. The maximum atomic E-state index is 12.9. The molecule has 2 saturated heterocycles. The summed E-state index contributed by atoms with van der Waals surface area (Å²) in [4.78, 5) is 14.7. The van der Waals surface area contributed by atoms with E-state index in [4.69, 9.17) is 13.9 Å². The van der Waals surface area contributed by atoms with Gasteiger partial charge < -0.3 is 18.8 Å². The highest BCUT2D eigenvalue weighted by Crippen LogP contribution is 2.34. The molecule has 9 nitrogen and oxygen atoms in total. The highest BCUT2D eigenvalue weighted by molar-refractivity contribution is 5.92. The normalized spacial score (nSPS) is 23.2. The molecule has 2 atom stereocenters. The second-order valence-corrected chi connectivity index (χ2v) is 6.45. The Balaban J connectivity index is 1.54. The number of amides is 1. The summed E-state index contributed by atoms with van der Waals surface area (Å²) < 4.78 is 16.5. The number of hydrogen-bond acceptors (Lipinski definition) is 8. The third kappa shape index (κ3) is 3.26. The van der Waals surface area contributed by atoms with Crippen molar-refractivity contribution >= 4 is 5.91 Å². The monoisotopic (exact) mass is 359 g/mol. The van der Waals surface area contributed by atoms with Crippen LogP contribution in [0.15, 0.2) is 16.5 Å². The molecule has 0 unspecified atom stereocenters. The van der Waals surface area contributed by atoms with Crippen LogP contribution in [0, 0.1) is 0 Å². The van der Waals surface area contributed by atoms with Gasteiger partial charge in [0.25, 0.3) is 5.91 Å². The van der Waals surface area contributed by atoms with Gasteiger partial charge in [-0.05, 0) is 38.2 Å². The fraction of sp³-hybridized carbons (Fsp3) is 0.588. The summed E-state index contributed by atoms with van der Waals surface area (Å²) in [6, 6.07) is 3.00. The predicted octanol–water partition coefficient (Wildman–Crippen LogP) is 2.09. The molecule has 2 aliphatic rings. The van der Waals surface area contributed by atoms with E-state index >= 15 is 0 Å². The number of nitrogens with zero attached hydrogens (tertiary/aromatic N) is 5. The van der Waals surface area contributed by atoms with E-state index < -0.39 is 0 Å². The number of carbonyl (C=O) groups is 1. The summed E-state index contributed by atoms with van der Waals surface area (Å²) >= 11 is 0. The van der Waals surface area contributed by atoms with Gasteiger partial charge in [0.05, 0.1) is 7.11 Å². The van der Waals surface area contributed by atoms with Crippen LogP contribution >= 0.6 is 0 Å². The molecular weight excluding hydrogens is 338 g/mol. The number of likely N-dealkylation sites (tertiary alicyclic amines) is 1. The summed E-state index contributed by atoms with van der Waals surface area (Å²) in [6.45, 7) is 1.33. The number of rotatable bonds is 4. The van der Waals surface area contributed by atoms with Gasteiger partial charge in [-0.15, -0.1) is 20.4 Å². The number of piperidine rings is 1. The number of hydrogen-bond donors (Lipinski definition) is 0. The van der Waals surface area contributed by atoms with E-state index in [1.807, 2.05) is 0 Å². The Morgan fingerprint density at radius 2 is 2.00 bits per heavy atom. The van der Waals surface area contributed by atoms with Crippen molar-refractivity contribution in [1.29, 1.82) is 0 Å². The summed E-state index contributed by atoms with van der Waals surface area (Å²) in [5, 5.41) is 16.2. The molecule has 0 bridgehead atoms. The van der Waals surface area contributed by atoms with E-state index in [1.54, 1.807) is 17.0 Å². The molecule has 4 rings (SSSR count). The topological polar surface area (TPSA) is 103 Å². The molecule has 1 amide bonds. The first-order chi connectivity index (χ1) is 12.8. The molecular formula is C17H21N5O4. The maximum absolute atomic E-state index is 12.9. The summed E-state index contributed by atoms with van der Waals surface area (Å²) in [6.07, 6.45) is 4.46. The molecule has 2 aromatic heterocycles. The van der Waals surface area contributed by atoms with E-state index in [1.165, 1.54) is 7.11 Å². The average molecular weight is 359 g/mol. The minimum absolute atomic E-state index is 0.128. The molecule has 0 aliphatic carbocycles. The molecule has 0 N–H and O–H groups in total. The van der Waals surface area contributed by atoms with Crippen LogP contribution in [0.3, 0.4) is 0 Å². The average Bonchev–Trinajstić information content (AvgIpc) is 3.39. The molecule has 0 spiro atoms. The SMILES string of the molecule is COc1ccc(C(=O)N2CCCC[C@H]2c2nnc([C@H]3CCCO3)o2)nn1. The molecule has 9 heteroatoms. The molecule has 0 radical (unpaired) electrons. The van der Waals surface area contributed by atoms with Crippen LogP contribution < -0.4 is 4.74 Å². The number of ether oxygens (including phenoxy) is 2. The quantitative estimate of drug-likeness (QED) is 0.817. The Kier molecular flexibility index (Phi) is 4.79. The highest BCUT2D eigenvalue weighted by Gasteiger charge is 2.34. The first-order valence-electron chi connectivity index (χ1n) is 8.90. The summed E-state index contributed by atoms with van der Waals surface area (Å²) in [7, 11) is 1.51. The van der Waals surface area contributed by atoms with Gasteiger partial charge >= 0.3 is 0 Å². The third-order valence-electron chi connectivity index (χ3n) is 4.78. The standard InChI is InChI=1S/C17H21N5O4/c1-24-14-8-7-11(18-19-14)17(23)22-9-3-2-5-12(22)15-20-21-16(26-15)13-6-4-10-25-13/h7-8,12-13H,2-6,9-10H2,1H3/t12-,13+/m0/s1. The van der Waals surface area contributed by atoms with Crippen molar-refractivity contribution in [3.63, 3.8) is 0 Å². The minimum atomic E-state index is -0.247.